The second kappa shape index (κ2) is 39.3. The maximum atomic E-state index is 12.4. The Hall–Kier alpha value is -3.18. The summed E-state index contributed by atoms with van der Waals surface area (Å²) in [5.74, 6) is 15.1. The van der Waals surface area contributed by atoms with Crippen molar-refractivity contribution in [1.82, 2.24) is 29.4 Å². The second-order valence-electron chi connectivity index (χ2n) is 41.9. The highest BCUT2D eigenvalue weighted by Crippen LogP contribution is 2.55. The van der Waals surface area contributed by atoms with Gasteiger partial charge in [-0.2, -0.15) is 0 Å². The van der Waals surface area contributed by atoms with E-state index in [0.717, 1.165) is 38.5 Å². The van der Waals surface area contributed by atoms with Crippen LogP contribution in [0.4, 0.5) is 0 Å². The molecule has 6 rings (SSSR count). The van der Waals surface area contributed by atoms with Gasteiger partial charge in [0.05, 0.1) is 0 Å². The first kappa shape index (κ1) is 96.8. The Morgan fingerprint density at radius 1 is 0.206 bits per heavy atom. The summed E-state index contributed by atoms with van der Waals surface area (Å²) in [6, 6.07) is 0. The summed E-state index contributed by atoms with van der Waals surface area (Å²) in [6.07, 6.45) is 14.0. The van der Waals surface area contributed by atoms with Crippen LogP contribution in [0, 0.1) is 175 Å². The number of carbonyl (C=O) groups excluding carboxylic acids is 6. The third-order valence-electron chi connectivity index (χ3n) is 30.3. The molecule has 0 bridgehead atoms. The Kier molecular flexibility index (Phi) is 37.3. The van der Waals surface area contributed by atoms with E-state index < -0.39 is 0 Å². The molecule has 12 nitrogen and oxygen atoms in total. The van der Waals surface area contributed by atoms with Crippen LogP contribution in [0.25, 0.3) is 0 Å². The highest BCUT2D eigenvalue weighted by molar-refractivity contribution is 5.82. The monoisotopic (exact) mass is 1440 g/mol. The van der Waals surface area contributed by atoms with E-state index in [9.17, 15) is 28.8 Å². The summed E-state index contributed by atoms with van der Waals surface area (Å²) in [6.45, 7) is 68.4. The van der Waals surface area contributed by atoms with Gasteiger partial charge in [0.25, 0.3) is 0 Å². The third kappa shape index (κ3) is 24.9. The van der Waals surface area contributed by atoms with Gasteiger partial charge in [0.2, 0.25) is 35.4 Å². The number of hydrogen-bond donors (Lipinski definition) is 0. The van der Waals surface area contributed by atoms with Crippen molar-refractivity contribution in [3.63, 3.8) is 0 Å². The van der Waals surface area contributed by atoms with Crippen LogP contribution in [0.5, 0.6) is 0 Å². The normalized spacial score (nSPS) is 32.6. The predicted molar refractivity (Wildman–Crippen MR) is 436 cm³/mol. The zero-order valence-corrected chi connectivity index (χ0v) is 75.5. The van der Waals surface area contributed by atoms with Crippen molar-refractivity contribution in [3.8, 4) is 0 Å². The molecule has 6 aliphatic rings. The number of nitrogens with zero attached hydrogens (tertiary/aromatic N) is 6. The molecule has 0 N–H and O–H groups in total. The van der Waals surface area contributed by atoms with E-state index in [2.05, 4.69) is 208 Å². The second-order valence-corrected chi connectivity index (χ2v) is 41.9. The molecule has 0 radical (unpaired) electrons. The lowest BCUT2D eigenvalue weighted by atomic mass is 9.58. The molecule has 6 fully saturated rings. The lowest BCUT2D eigenvalue weighted by Gasteiger charge is -2.47. The summed E-state index contributed by atoms with van der Waals surface area (Å²) in [5.41, 5.74) is 0.790. The molecule has 0 spiro atoms. The maximum Gasteiger partial charge on any atom is 0.225 e. The minimum Gasteiger partial charge on any atom is -0.349 e. The first-order chi connectivity index (χ1) is 46.0. The minimum atomic E-state index is 0.132. The van der Waals surface area contributed by atoms with E-state index in [1.54, 1.807) is 29.4 Å². The van der Waals surface area contributed by atoms with E-state index in [-0.39, 0.29) is 68.0 Å². The number of carbonyl (C=O) groups is 6. The van der Waals surface area contributed by atoms with Gasteiger partial charge in [-0.25, -0.2) is 0 Å². The lowest BCUT2D eigenvalue weighted by Crippen LogP contribution is -2.47. The average Bonchev–Trinajstić information content (AvgIpc) is 0.827. The Morgan fingerprint density at radius 3 is 0.363 bits per heavy atom. The molecule has 12 heteroatoms. The largest absolute Gasteiger partial charge is 0.349 e. The summed E-state index contributed by atoms with van der Waals surface area (Å²) in [5, 5.41) is 0. The molecule has 8 unspecified atom stereocenters. The molecule has 600 valence electrons. The zero-order chi connectivity index (χ0) is 80.3. The number of amides is 6. The molecular weight excluding hydrogens is 1260 g/mol. The van der Waals surface area contributed by atoms with Crippen LogP contribution in [-0.2, 0) is 28.8 Å². The van der Waals surface area contributed by atoms with Gasteiger partial charge in [-0.3, -0.25) is 28.8 Å². The molecule has 0 heterocycles. The Bertz CT molecular complexity index is 2130. The van der Waals surface area contributed by atoms with Crippen LogP contribution in [0.3, 0.4) is 0 Å². The van der Waals surface area contributed by atoms with E-state index in [4.69, 9.17) is 0 Å². The van der Waals surface area contributed by atoms with E-state index in [1.165, 1.54) is 38.5 Å². The van der Waals surface area contributed by atoms with Gasteiger partial charge >= 0.3 is 0 Å². The van der Waals surface area contributed by atoms with E-state index in [0.29, 0.717) is 142 Å². The molecular formula is C90H174N6O6. The van der Waals surface area contributed by atoms with Gasteiger partial charge in [-0.05, 0) is 216 Å². The van der Waals surface area contributed by atoms with Gasteiger partial charge in [-0.1, -0.05) is 208 Å². The van der Waals surface area contributed by atoms with Crippen LogP contribution in [-0.4, -0.2) is 149 Å². The fourth-order valence-electron chi connectivity index (χ4n) is 18.5. The third-order valence-corrected chi connectivity index (χ3v) is 30.3. The van der Waals surface area contributed by atoms with Crippen molar-refractivity contribution < 1.29 is 28.8 Å². The lowest BCUT2D eigenvalue weighted by molar-refractivity contribution is -0.143. The Morgan fingerprint density at radius 2 is 0.294 bits per heavy atom. The Balaban J connectivity index is 0.000000612. The van der Waals surface area contributed by atoms with Crippen LogP contribution >= 0.6 is 0 Å². The van der Waals surface area contributed by atoms with E-state index in [1.807, 2.05) is 84.6 Å². The smallest absolute Gasteiger partial charge is 0.225 e. The predicted octanol–water partition coefficient (Wildman–Crippen LogP) is 20.5. The van der Waals surface area contributed by atoms with Gasteiger partial charge < -0.3 is 29.4 Å². The van der Waals surface area contributed by atoms with Gasteiger partial charge in [0.15, 0.2) is 0 Å². The Labute approximate surface area is 634 Å². The van der Waals surface area contributed by atoms with Crippen molar-refractivity contribution in [2.75, 3.05) is 84.6 Å². The average molecular weight is 1440 g/mol. The van der Waals surface area contributed by atoms with Gasteiger partial charge in [-0.15, -0.1) is 0 Å². The zero-order valence-electron chi connectivity index (χ0n) is 75.5. The van der Waals surface area contributed by atoms with Crippen LogP contribution < -0.4 is 0 Å². The van der Waals surface area contributed by atoms with Crippen molar-refractivity contribution >= 4 is 35.4 Å². The quantitative estimate of drug-likeness (QED) is 0.192. The molecule has 6 amide bonds. The standard InChI is InChI=1S/6C15H29NO/c6*1-10(2)12-8-11(3)15(4,5)13(9-12)14(17)16(6)7/h6*10-13H,8-9H2,1-7H3/t2*11?,12-,13?;2*11-,12?,13+;2*11-,12?,13-/m101010/s1. The molecule has 0 aromatic heterocycles. The topological polar surface area (TPSA) is 122 Å². The summed E-state index contributed by atoms with van der Waals surface area (Å²) in [4.78, 5) is 84.7. The molecule has 0 aliphatic heterocycles. The molecule has 102 heavy (non-hydrogen) atoms. The van der Waals surface area contributed by atoms with Crippen LogP contribution in [0.15, 0.2) is 0 Å². The van der Waals surface area contributed by atoms with Crippen molar-refractivity contribution in [2.24, 2.45) is 175 Å². The van der Waals surface area contributed by atoms with Gasteiger partial charge in [0, 0.05) is 120 Å². The minimum absolute atomic E-state index is 0.132. The fourth-order valence-corrected chi connectivity index (χ4v) is 18.5. The van der Waals surface area contributed by atoms with Crippen LogP contribution in [0.1, 0.15) is 285 Å². The first-order valence-electron chi connectivity index (χ1n) is 41.3. The van der Waals surface area contributed by atoms with Crippen molar-refractivity contribution in [1.29, 1.82) is 0 Å². The van der Waals surface area contributed by atoms with E-state index >= 15 is 0 Å². The first-order valence-corrected chi connectivity index (χ1v) is 41.3. The van der Waals surface area contributed by atoms with Gasteiger partial charge in [0.1, 0.15) is 0 Å². The van der Waals surface area contributed by atoms with Crippen molar-refractivity contribution in [3.05, 3.63) is 0 Å². The molecule has 18 atom stereocenters. The summed E-state index contributed by atoms with van der Waals surface area (Å²) in [7, 11) is 22.5. The summed E-state index contributed by atoms with van der Waals surface area (Å²) >= 11 is 0. The SMILES string of the molecule is CC(C)C1C[C@@H](C)C(C)(C)[C@@H](C(=O)N(C)C)C1.CC(C)C1C[C@@H](C)C(C)(C)[C@H](C(=O)N(C)C)C1.CC(C)C1C[C@H](C(=O)N(C)C)C(C)(C)[C@@H](C)C1.CC(C)C1C[C@H](C)C(C)(C)[C@H](C(=O)N(C)C)C1.CC(C)[C@@H]1CC(C)C(C)(C)C(C(=O)N(C)C)C1.CC(C)[C@H]1CC(C)C(C)(C)C(C(=O)N(C)C)C1. The summed E-state index contributed by atoms with van der Waals surface area (Å²) < 4.78 is 0. The number of rotatable bonds is 12. The number of hydrogen-bond acceptors (Lipinski definition) is 6. The highest BCUT2D eigenvalue weighted by Gasteiger charge is 2.52. The van der Waals surface area contributed by atoms with Crippen molar-refractivity contribution in [2.45, 2.75) is 285 Å². The molecule has 0 aromatic carbocycles. The molecule has 0 saturated heterocycles. The highest BCUT2D eigenvalue weighted by atomic mass is 16.2. The maximum absolute atomic E-state index is 12.4. The fraction of sp³-hybridized carbons (Fsp3) is 0.933. The molecule has 6 saturated carbocycles. The molecule has 6 aliphatic carbocycles. The molecule has 0 aromatic rings. The van der Waals surface area contributed by atoms with Crippen LogP contribution in [0.2, 0.25) is 0 Å².